The van der Waals surface area contributed by atoms with Crippen molar-refractivity contribution >= 4 is 11.8 Å². The van der Waals surface area contributed by atoms with Crippen LogP contribution in [-0.2, 0) is 23.8 Å². The molecule has 1 saturated heterocycles. The third-order valence-electron chi connectivity index (χ3n) is 1.92. The number of ketones is 1. The molecule has 1 aliphatic rings. The van der Waals surface area contributed by atoms with Gasteiger partial charge >= 0.3 is 5.97 Å². The van der Waals surface area contributed by atoms with E-state index in [0.29, 0.717) is 0 Å². The van der Waals surface area contributed by atoms with E-state index in [4.69, 9.17) is 0 Å². The third-order valence-corrected chi connectivity index (χ3v) is 1.92. The molecule has 1 heterocycles. The Kier molecular flexibility index (Phi) is 3.56. The molecule has 0 aromatic carbocycles. The predicted octanol–water partition coefficient (Wildman–Crippen LogP) is -1.50. The van der Waals surface area contributed by atoms with Crippen LogP contribution in [0.5, 0.6) is 0 Å². The van der Waals surface area contributed by atoms with Gasteiger partial charge < -0.3 is 19.3 Å². The zero-order chi connectivity index (χ0) is 10.7. The normalized spacial score (nSPS) is 29.1. The van der Waals surface area contributed by atoms with Crippen molar-refractivity contribution < 1.29 is 28.9 Å². The summed E-state index contributed by atoms with van der Waals surface area (Å²) in [6, 6.07) is 0. The lowest BCUT2D eigenvalue weighted by atomic mass is 10.1. The van der Waals surface area contributed by atoms with Gasteiger partial charge in [0.2, 0.25) is 11.9 Å². The summed E-state index contributed by atoms with van der Waals surface area (Å²) in [5, 5.41) is 9.37. The van der Waals surface area contributed by atoms with E-state index in [1.54, 1.807) is 0 Å². The summed E-state index contributed by atoms with van der Waals surface area (Å²) in [5.74, 6) is -1.33. The van der Waals surface area contributed by atoms with Crippen molar-refractivity contribution in [1.82, 2.24) is 0 Å². The van der Waals surface area contributed by atoms with E-state index >= 15 is 0 Å². The molecular weight excluding hydrogens is 192 g/mol. The molecule has 0 bridgehead atoms. The van der Waals surface area contributed by atoms with E-state index in [1.807, 2.05) is 0 Å². The number of aliphatic hydroxyl groups is 1. The topological polar surface area (TPSA) is 82.1 Å². The third kappa shape index (κ3) is 1.92. The molecular formula is C8H12O6. The molecule has 0 aromatic heterocycles. The Morgan fingerprint density at radius 2 is 2.14 bits per heavy atom. The molecule has 14 heavy (non-hydrogen) atoms. The van der Waals surface area contributed by atoms with Gasteiger partial charge in [0.05, 0.1) is 6.61 Å². The fourth-order valence-corrected chi connectivity index (χ4v) is 1.25. The van der Waals surface area contributed by atoms with Gasteiger partial charge in [-0.2, -0.15) is 0 Å². The minimum absolute atomic E-state index is 0.0693. The average Bonchev–Trinajstić information content (AvgIpc) is 2.42. The van der Waals surface area contributed by atoms with E-state index in [-0.39, 0.29) is 6.61 Å². The van der Waals surface area contributed by atoms with Crippen LogP contribution in [0.4, 0.5) is 0 Å². The van der Waals surface area contributed by atoms with Crippen LogP contribution in [0, 0.1) is 0 Å². The van der Waals surface area contributed by atoms with Gasteiger partial charge in [0.15, 0.2) is 6.10 Å². The number of methoxy groups -OCH3 is 2. The largest absolute Gasteiger partial charge is 0.449 e. The minimum atomic E-state index is -1.22. The SMILES string of the molecule is COC[C@H](O)[C@H]1OC(=O)C(OC)C1=O. The van der Waals surface area contributed by atoms with Crippen molar-refractivity contribution in [2.45, 2.75) is 18.3 Å². The maximum Gasteiger partial charge on any atom is 0.344 e. The Morgan fingerprint density at radius 1 is 1.50 bits per heavy atom. The number of ether oxygens (including phenoxy) is 3. The van der Waals surface area contributed by atoms with E-state index in [1.165, 1.54) is 14.2 Å². The maximum absolute atomic E-state index is 11.4. The second kappa shape index (κ2) is 4.50. The highest BCUT2D eigenvalue weighted by Crippen LogP contribution is 2.16. The lowest BCUT2D eigenvalue weighted by Crippen LogP contribution is -2.37. The quantitative estimate of drug-likeness (QED) is 0.443. The van der Waals surface area contributed by atoms with Crippen LogP contribution >= 0.6 is 0 Å². The number of cyclic esters (lactones) is 1. The van der Waals surface area contributed by atoms with Gasteiger partial charge in [-0.3, -0.25) is 4.79 Å². The first-order valence-electron chi connectivity index (χ1n) is 4.05. The number of carbonyl (C=O) groups excluding carboxylic acids is 2. The Hall–Kier alpha value is -0.980. The number of hydrogen-bond donors (Lipinski definition) is 1. The second-order valence-electron chi connectivity index (χ2n) is 2.90. The zero-order valence-corrected chi connectivity index (χ0v) is 7.93. The van der Waals surface area contributed by atoms with Gasteiger partial charge in [-0.15, -0.1) is 0 Å². The molecule has 1 fully saturated rings. The van der Waals surface area contributed by atoms with Crippen LogP contribution < -0.4 is 0 Å². The second-order valence-corrected chi connectivity index (χ2v) is 2.90. The van der Waals surface area contributed by atoms with Gasteiger partial charge in [0, 0.05) is 14.2 Å². The van der Waals surface area contributed by atoms with Gasteiger partial charge in [0.1, 0.15) is 6.10 Å². The molecule has 1 rings (SSSR count). The van der Waals surface area contributed by atoms with Gasteiger partial charge in [-0.25, -0.2) is 4.79 Å². The lowest BCUT2D eigenvalue weighted by Gasteiger charge is -2.13. The monoisotopic (exact) mass is 204 g/mol. The summed E-state index contributed by atoms with van der Waals surface area (Å²) in [4.78, 5) is 22.4. The van der Waals surface area contributed by atoms with Gasteiger partial charge in [0.25, 0.3) is 0 Å². The van der Waals surface area contributed by atoms with E-state index in [0.717, 1.165) is 0 Å². The van der Waals surface area contributed by atoms with Gasteiger partial charge in [-0.1, -0.05) is 0 Å². The number of esters is 1. The summed E-state index contributed by atoms with van der Waals surface area (Å²) in [6.45, 7) is -0.0693. The van der Waals surface area contributed by atoms with Gasteiger partial charge in [-0.05, 0) is 0 Å². The van der Waals surface area contributed by atoms with Crippen molar-refractivity contribution in [2.24, 2.45) is 0 Å². The number of Topliss-reactive ketones (excluding diaryl/α,β-unsaturated/α-hetero) is 1. The molecule has 0 amide bonds. The Bertz CT molecular complexity index is 238. The van der Waals surface area contributed by atoms with Crippen molar-refractivity contribution in [3.05, 3.63) is 0 Å². The first-order chi connectivity index (χ1) is 6.61. The van der Waals surface area contributed by atoms with Crippen molar-refractivity contribution in [3.8, 4) is 0 Å². The number of carbonyl (C=O) groups is 2. The molecule has 6 heteroatoms. The van der Waals surface area contributed by atoms with Crippen LogP contribution in [0.15, 0.2) is 0 Å². The van der Waals surface area contributed by atoms with Crippen LogP contribution in [-0.4, -0.2) is 56.0 Å². The fraction of sp³-hybridized carbons (Fsp3) is 0.750. The Morgan fingerprint density at radius 3 is 2.57 bits per heavy atom. The van der Waals surface area contributed by atoms with Crippen LogP contribution in [0.2, 0.25) is 0 Å². The maximum atomic E-state index is 11.4. The average molecular weight is 204 g/mol. The number of hydrogen-bond acceptors (Lipinski definition) is 6. The smallest absolute Gasteiger partial charge is 0.344 e. The van der Waals surface area contributed by atoms with Crippen LogP contribution in [0.1, 0.15) is 0 Å². The molecule has 0 saturated carbocycles. The van der Waals surface area contributed by atoms with Crippen LogP contribution in [0.25, 0.3) is 0 Å². The summed E-state index contributed by atoms with van der Waals surface area (Å²) < 4.78 is 13.9. The highest BCUT2D eigenvalue weighted by Gasteiger charge is 2.47. The Labute approximate surface area is 80.7 Å². The molecule has 0 spiro atoms. The summed E-state index contributed by atoms with van der Waals surface area (Å²) in [5.41, 5.74) is 0. The van der Waals surface area contributed by atoms with E-state index in [9.17, 15) is 14.7 Å². The lowest BCUT2D eigenvalue weighted by molar-refractivity contribution is -0.152. The summed E-state index contributed by atoms with van der Waals surface area (Å²) in [6.07, 6.45) is -3.53. The predicted molar refractivity (Wildman–Crippen MR) is 43.6 cm³/mol. The van der Waals surface area contributed by atoms with E-state index < -0.39 is 30.1 Å². The standard InChI is InChI=1S/C8H12O6/c1-12-3-4(9)6-5(10)7(13-2)8(11)14-6/h4,6-7,9H,3H2,1-2H3/t4-,6+,7?/m0/s1. The first kappa shape index (κ1) is 11.1. The van der Waals surface area contributed by atoms with Crippen LogP contribution in [0.3, 0.4) is 0 Å². The molecule has 1 N–H and O–H groups in total. The van der Waals surface area contributed by atoms with E-state index in [2.05, 4.69) is 14.2 Å². The highest BCUT2D eigenvalue weighted by atomic mass is 16.6. The zero-order valence-electron chi connectivity index (χ0n) is 7.93. The number of rotatable bonds is 4. The molecule has 80 valence electrons. The molecule has 3 atom stereocenters. The number of aliphatic hydroxyl groups excluding tert-OH is 1. The summed E-state index contributed by atoms with van der Waals surface area (Å²) >= 11 is 0. The molecule has 0 radical (unpaired) electrons. The molecule has 1 aliphatic heterocycles. The molecule has 6 nitrogen and oxygen atoms in total. The van der Waals surface area contributed by atoms with Crippen molar-refractivity contribution in [2.75, 3.05) is 20.8 Å². The highest BCUT2D eigenvalue weighted by molar-refractivity contribution is 6.09. The van der Waals surface area contributed by atoms with Crippen molar-refractivity contribution in [3.63, 3.8) is 0 Å². The Balaban J connectivity index is 2.66. The first-order valence-corrected chi connectivity index (χ1v) is 4.05. The minimum Gasteiger partial charge on any atom is -0.449 e. The summed E-state index contributed by atoms with van der Waals surface area (Å²) in [7, 11) is 2.60. The molecule has 1 unspecified atom stereocenters. The molecule has 0 aromatic rings. The fourth-order valence-electron chi connectivity index (χ4n) is 1.25. The van der Waals surface area contributed by atoms with Crippen molar-refractivity contribution in [1.29, 1.82) is 0 Å². The molecule has 0 aliphatic carbocycles.